The van der Waals surface area contributed by atoms with Crippen LogP contribution in [0.2, 0.25) is 10.0 Å². The lowest BCUT2D eigenvalue weighted by Crippen LogP contribution is -2.39. The molecule has 1 saturated heterocycles. The highest BCUT2D eigenvalue weighted by atomic mass is 35.5. The molecule has 1 N–H and O–H groups in total. The fraction of sp³-hybridized carbons (Fsp3) is 0.350. The molecule has 7 heteroatoms. The minimum Gasteiger partial charge on any atom is -0.497 e. The highest BCUT2D eigenvalue weighted by molar-refractivity contribution is 6.42. The molecule has 0 spiro atoms. The van der Waals surface area contributed by atoms with Gasteiger partial charge >= 0.3 is 5.97 Å². The molecular formula is C20H21Cl2NO4. The van der Waals surface area contributed by atoms with Crippen LogP contribution in [0.15, 0.2) is 36.4 Å². The Morgan fingerprint density at radius 2 is 1.93 bits per heavy atom. The molecular weight excluding hydrogens is 389 g/mol. The molecule has 2 aromatic carbocycles. The normalized spacial score (nSPS) is 18.3. The largest absolute Gasteiger partial charge is 0.497 e. The molecule has 2 atom stereocenters. The number of halogens is 2. The molecule has 1 fully saturated rings. The SMILES string of the molecule is COc1ccc(C(c2ccc(Cl)c(Cl)c2)N2CCCC2C(=O)O)c(OC)c1. The van der Waals surface area contributed by atoms with Gasteiger partial charge in [0.2, 0.25) is 0 Å². The van der Waals surface area contributed by atoms with Gasteiger partial charge in [-0.3, -0.25) is 9.69 Å². The van der Waals surface area contributed by atoms with Gasteiger partial charge in [0.15, 0.2) is 0 Å². The van der Waals surface area contributed by atoms with Crippen molar-refractivity contribution in [1.29, 1.82) is 0 Å². The molecule has 1 aliphatic rings. The van der Waals surface area contributed by atoms with Gasteiger partial charge < -0.3 is 14.6 Å². The van der Waals surface area contributed by atoms with E-state index in [-0.39, 0.29) is 6.04 Å². The second kappa shape index (κ2) is 8.38. The van der Waals surface area contributed by atoms with Gasteiger partial charge in [-0.25, -0.2) is 0 Å². The van der Waals surface area contributed by atoms with Crippen molar-refractivity contribution >= 4 is 29.2 Å². The fourth-order valence-corrected chi connectivity index (χ4v) is 3.95. The fourth-order valence-electron chi connectivity index (χ4n) is 3.64. The zero-order valence-corrected chi connectivity index (χ0v) is 16.6. The van der Waals surface area contributed by atoms with Gasteiger partial charge in [-0.05, 0) is 42.7 Å². The van der Waals surface area contributed by atoms with Crippen molar-refractivity contribution in [2.75, 3.05) is 20.8 Å². The molecule has 3 rings (SSSR count). The maximum atomic E-state index is 11.8. The predicted molar refractivity (Wildman–Crippen MR) is 105 cm³/mol. The molecule has 2 unspecified atom stereocenters. The van der Waals surface area contributed by atoms with Gasteiger partial charge in [-0.15, -0.1) is 0 Å². The Morgan fingerprint density at radius 1 is 1.15 bits per heavy atom. The quantitative estimate of drug-likeness (QED) is 0.752. The summed E-state index contributed by atoms with van der Waals surface area (Å²) in [5.41, 5.74) is 1.71. The summed E-state index contributed by atoms with van der Waals surface area (Å²) < 4.78 is 10.9. The van der Waals surface area contributed by atoms with E-state index in [4.69, 9.17) is 32.7 Å². The third-order valence-electron chi connectivity index (χ3n) is 4.91. The number of carbonyl (C=O) groups is 1. The van der Waals surface area contributed by atoms with Gasteiger partial charge in [0.25, 0.3) is 0 Å². The lowest BCUT2D eigenvalue weighted by molar-refractivity contribution is -0.142. The molecule has 144 valence electrons. The molecule has 0 bridgehead atoms. The first-order valence-corrected chi connectivity index (χ1v) is 9.37. The second-order valence-corrected chi connectivity index (χ2v) is 7.23. The molecule has 0 aromatic heterocycles. The van der Waals surface area contributed by atoms with Crippen LogP contribution in [0.3, 0.4) is 0 Å². The van der Waals surface area contributed by atoms with Gasteiger partial charge in [-0.2, -0.15) is 0 Å². The van der Waals surface area contributed by atoms with Crippen molar-refractivity contribution in [1.82, 2.24) is 4.90 Å². The van der Waals surface area contributed by atoms with E-state index in [0.717, 1.165) is 17.5 Å². The molecule has 2 aromatic rings. The van der Waals surface area contributed by atoms with Crippen molar-refractivity contribution in [3.05, 3.63) is 57.6 Å². The van der Waals surface area contributed by atoms with Crippen LogP contribution in [0.4, 0.5) is 0 Å². The monoisotopic (exact) mass is 409 g/mol. The number of likely N-dealkylation sites (tertiary alicyclic amines) is 1. The first-order valence-electron chi connectivity index (χ1n) is 8.61. The van der Waals surface area contributed by atoms with Gasteiger partial charge in [0, 0.05) is 18.2 Å². The average Bonchev–Trinajstić information content (AvgIpc) is 3.14. The number of nitrogens with zero attached hydrogens (tertiary/aromatic N) is 1. The minimum atomic E-state index is -0.829. The van der Waals surface area contributed by atoms with Crippen LogP contribution in [-0.4, -0.2) is 42.8 Å². The van der Waals surface area contributed by atoms with E-state index in [1.807, 2.05) is 23.1 Å². The highest BCUT2D eigenvalue weighted by Crippen LogP contribution is 2.41. The summed E-state index contributed by atoms with van der Waals surface area (Å²) in [6, 6.07) is 10.0. The molecule has 1 heterocycles. The van der Waals surface area contributed by atoms with Gasteiger partial charge in [0.1, 0.15) is 17.5 Å². The Morgan fingerprint density at radius 3 is 2.56 bits per heavy atom. The van der Waals surface area contributed by atoms with Crippen LogP contribution >= 0.6 is 23.2 Å². The van der Waals surface area contributed by atoms with E-state index in [2.05, 4.69) is 0 Å². The summed E-state index contributed by atoms with van der Waals surface area (Å²) in [5.74, 6) is 0.464. The van der Waals surface area contributed by atoms with Crippen LogP contribution in [0.1, 0.15) is 30.0 Å². The Hall–Kier alpha value is -1.95. The number of carboxylic acid groups (broad SMARTS) is 1. The van der Waals surface area contributed by atoms with E-state index in [0.29, 0.717) is 34.5 Å². The molecule has 1 aliphatic heterocycles. The zero-order chi connectivity index (χ0) is 19.6. The number of carboxylic acids is 1. The smallest absolute Gasteiger partial charge is 0.320 e. The van der Waals surface area contributed by atoms with E-state index in [9.17, 15) is 9.90 Å². The number of methoxy groups -OCH3 is 2. The Bertz CT molecular complexity index is 843. The predicted octanol–water partition coefficient (Wildman–Crippen LogP) is 4.65. The number of rotatable bonds is 6. The van der Waals surface area contributed by atoms with Crippen molar-refractivity contribution < 1.29 is 19.4 Å². The molecule has 0 aliphatic carbocycles. The number of ether oxygens (including phenoxy) is 2. The zero-order valence-electron chi connectivity index (χ0n) is 15.1. The molecule has 0 amide bonds. The van der Waals surface area contributed by atoms with Crippen LogP contribution in [0.25, 0.3) is 0 Å². The van der Waals surface area contributed by atoms with Crippen LogP contribution in [-0.2, 0) is 4.79 Å². The minimum absolute atomic E-state index is 0.329. The summed E-state index contributed by atoms with van der Waals surface area (Å²) in [4.78, 5) is 13.8. The van der Waals surface area contributed by atoms with Crippen molar-refractivity contribution in [3.63, 3.8) is 0 Å². The number of aliphatic carboxylic acids is 1. The van der Waals surface area contributed by atoms with Gasteiger partial charge in [0.05, 0.1) is 30.3 Å². The third-order valence-corrected chi connectivity index (χ3v) is 5.64. The molecule has 0 saturated carbocycles. The maximum absolute atomic E-state index is 11.8. The maximum Gasteiger partial charge on any atom is 0.320 e. The van der Waals surface area contributed by atoms with Crippen molar-refractivity contribution in [2.24, 2.45) is 0 Å². The van der Waals surface area contributed by atoms with Crippen LogP contribution in [0, 0.1) is 0 Å². The summed E-state index contributed by atoms with van der Waals surface area (Å²) in [5, 5.41) is 10.6. The first kappa shape index (κ1) is 19.8. The second-order valence-electron chi connectivity index (χ2n) is 6.42. The van der Waals surface area contributed by atoms with E-state index < -0.39 is 12.0 Å². The topological polar surface area (TPSA) is 59.0 Å². The average molecular weight is 410 g/mol. The first-order chi connectivity index (χ1) is 13.0. The Kier molecular flexibility index (Phi) is 6.15. The highest BCUT2D eigenvalue weighted by Gasteiger charge is 2.38. The summed E-state index contributed by atoms with van der Waals surface area (Å²) >= 11 is 12.3. The number of benzene rings is 2. The molecule has 0 radical (unpaired) electrons. The van der Waals surface area contributed by atoms with E-state index >= 15 is 0 Å². The Balaban J connectivity index is 2.15. The lowest BCUT2D eigenvalue weighted by atomic mass is 9.95. The summed E-state index contributed by atoms with van der Waals surface area (Å²) in [6.45, 7) is 0.664. The number of hydrogen-bond acceptors (Lipinski definition) is 4. The Labute approximate surface area is 168 Å². The van der Waals surface area contributed by atoms with E-state index in [1.165, 1.54) is 0 Å². The third kappa shape index (κ3) is 4.00. The molecule has 27 heavy (non-hydrogen) atoms. The van der Waals surface area contributed by atoms with Crippen molar-refractivity contribution in [2.45, 2.75) is 24.9 Å². The van der Waals surface area contributed by atoms with E-state index in [1.54, 1.807) is 32.4 Å². The van der Waals surface area contributed by atoms with Crippen molar-refractivity contribution in [3.8, 4) is 11.5 Å². The standard InChI is InChI=1S/C20H21Cl2NO4/c1-26-13-6-7-14(18(11-13)27-2)19(12-5-8-15(21)16(22)10-12)23-9-3-4-17(23)20(24)25/h5-8,10-11,17,19H,3-4,9H2,1-2H3,(H,24,25). The van der Waals surface area contributed by atoms with Crippen LogP contribution in [0.5, 0.6) is 11.5 Å². The lowest BCUT2D eigenvalue weighted by Gasteiger charge is -2.33. The molecule has 5 nitrogen and oxygen atoms in total. The summed E-state index contributed by atoms with van der Waals surface area (Å²) in [7, 11) is 3.18. The van der Waals surface area contributed by atoms with Crippen LogP contribution < -0.4 is 9.47 Å². The van der Waals surface area contributed by atoms with Gasteiger partial charge in [-0.1, -0.05) is 29.3 Å². The number of hydrogen-bond donors (Lipinski definition) is 1. The summed E-state index contributed by atoms with van der Waals surface area (Å²) in [6.07, 6.45) is 1.42.